The maximum atomic E-state index is 13.0. The summed E-state index contributed by atoms with van der Waals surface area (Å²) in [4.78, 5) is 21.7. The van der Waals surface area contributed by atoms with Crippen LogP contribution in [0.25, 0.3) is 6.08 Å². The molecule has 2 aromatic rings. The Balaban J connectivity index is 1.37. The largest absolute Gasteiger partial charge is 0.488 e. The van der Waals surface area contributed by atoms with Gasteiger partial charge in [-0.3, -0.25) is 9.69 Å². The van der Waals surface area contributed by atoms with Crippen LogP contribution >= 0.6 is 0 Å². The first-order chi connectivity index (χ1) is 13.9. The van der Waals surface area contributed by atoms with Crippen molar-refractivity contribution < 1.29 is 13.9 Å². The molecule has 2 aliphatic heterocycles. The molecule has 1 saturated heterocycles. The van der Waals surface area contributed by atoms with E-state index in [0.29, 0.717) is 19.7 Å². The Kier molecular flexibility index (Phi) is 5.46. The fourth-order valence-corrected chi connectivity index (χ4v) is 3.70. The van der Waals surface area contributed by atoms with Crippen LogP contribution < -0.4 is 4.74 Å². The molecule has 0 bridgehead atoms. The normalized spacial score (nSPS) is 17.9. The number of hydrogen-bond donors (Lipinski definition) is 0. The van der Waals surface area contributed by atoms with Crippen LogP contribution in [0, 0.1) is 0 Å². The maximum absolute atomic E-state index is 13.0. The Morgan fingerprint density at radius 1 is 1.14 bits per heavy atom. The summed E-state index contributed by atoms with van der Waals surface area (Å²) < 4.78 is 11.7. The zero-order chi connectivity index (χ0) is 20.4. The molecule has 1 aromatic heterocycles. The van der Waals surface area contributed by atoms with Crippen molar-refractivity contribution in [2.45, 2.75) is 39.2 Å². The highest BCUT2D eigenvalue weighted by Crippen LogP contribution is 2.27. The fraction of sp³-hybridized carbons (Fsp3) is 0.478. The highest BCUT2D eigenvalue weighted by Gasteiger charge is 2.25. The van der Waals surface area contributed by atoms with Crippen LogP contribution in [0.2, 0.25) is 0 Å². The highest BCUT2D eigenvalue weighted by molar-refractivity contribution is 5.99. The zero-order valence-electron chi connectivity index (χ0n) is 17.5. The van der Waals surface area contributed by atoms with Crippen LogP contribution in [0.1, 0.15) is 44.4 Å². The maximum Gasteiger partial charge on any atom is 0.253 e. The van der Waals surface area contributed by atoms with Gasteiger partial charge in [-0.05, 0) is 18.6 Å². The molecule has 3 heterocycles. The minimum atomic E-state index is -0.0400. The predicted molar refractivity (Wildman–Crippen MR) is 112 cm³/mol. The highest BCUT2D eigenvalue weighted by atomic mass is 16.5. The van der Waals surface area contributed by atoms with Crippen molar-refractivity contribution in [3.63, 3.8) is 0 Å². The van der Waals surface area contributed by atoms with Gasteiger partial charge < -0.3 is 14.1 Å². The van der Waals surface area contributed by atoms with E-state index in [1.54, 1.807) is 0 Å². The van der Waals surface area contributed by atoms with E-state index in [4.69, 9.17) is 9.15 Å². The third-order valence-corrected chi connectivity index (χ3v) is 5.43. The third-order valence-electron chi connectivity index (χ3n) is 5.43. The SMILES string of the molecule is CC(C)(C)c1cnc(CN2CCCN(C(=O)C3=Cc4ccccc4OC3)CC2)o1. The second-order valence-corrected chi connectivity index (χ2v) is 8.79. The number of rotatable bonds is 3. The lowest BCUT2D eigenvalue weighted by atomic mass is 9.94. The number of carbonyl (C=O) groups excluding carboxylic acids is 1. The van der Waals surface area contributed by atoms with Gasteiger partial charge in [0.25, 0.3) is 5.91 Å². The molecule has 4 rings (SSSR count). The molecule has 0 N–H and O–H groups in total. The second-order valence-electron chi connectivity index (χ2n) is 8.79. The number of aromatic nitrogens is 1. The summed E-state index contributed by atoms with van der Waals surface area (Å²) in [6.07, 6.45) is 4.73. The number of benzene rings is 1. The van der Waals surface area contributed by atoms with Crippen LogP contribution in [-0.2, 0) is 16.8 Å². The first-order valence-corrected chi connectivity index (χ1v) is 10.3. The first kappa shape index (κ1) is 19.7. The van der Waals surface area contributed by atoms with Gasteiger partial charge in [0.05, 0.1) is 18.3 Å². The van der Waals surface area contributed by atoms with E-state index in [1.165, 1.54) is 0 Å². The third kappa shape index (κ3) is 4.53. The molecule has 0 radical (unpaired) electrons. The van der Waals surface area contributed by atoms with Gasteiger partial charge in [-0.2, -0.15) is 0 Å². The summed E-state index contributed by atoms with van der Waals surface area (Å²) >= 11 is 0. The van der Waals surface area contributed by atoms with Gasteiger partial charge in [-0.1, -0.05) is 39.0 Å². The Morgan fingerprint density at radius 3 is 2.76 bits per heavy atom. The van der Waals surface area contributed by atoms with Gasteiger partial charge in [0.2, 0.25) is 5.89 Å². The summed E-state index contributed by atoms with van der Waals surface area (Å²) in [6.45, 7) is 10.6. The molecular weight excluding hydrogens is 366 g/mol. The van der Waals surface area contributed by atoms with Crippen molar-refractivity contribution in [2.75, 3.05) is 32.8 Å². The van der Waals surface area contributed by atoms with Gasteiger partial charge in [0.1, 0.15) is 18.1 Å². The first-order valence-electron chi connectivity index (χ1n) is 10.3. The summed E-state index contributed by atoms with van der Waals surface area (Å²) in [5, 5.41) is 0. The van der Waals surface area contributed by atoms with Gasteiger partial charge in [0, 0.05) is 37.2 Å². The number of hydrogen-bond acceptors (Lipinski definition) is 5. The van der Waals surface area contributed by atoms with Crippen molar-refractivity contribution in [3.8, 4) is 5.75 Å². The monoisotopic (exact) mass is 395 g/mol. The molecule has 1 amide bonds. The predicted octanol–water partition coefficient (Wildman–Crippen LogP) is 3.48. The summed E-state index contributed by atoms with van der Waals surface area (Å²) in [6, 6.07) is 7.82. The van der Waals surface area contributed by atoms with Crippen LogP contribution in [0.3, 0.4) is 0 Å². The van der Waals surface area contributed by atoms with E-state index in [-0.39, 0.29) is 11.3 Å². The number of amides is 1. The van der Waals surface area contributed by atoms with E-state index in [1.807, 2.05) is 41.4 Å². The molecular formula is C23H29N3O3. The lowest BCUT2D eigenvalue weighted by molar-refractivity contribution is -0.127. The average Bonchev–Trinajstić information content (AvgIpc) is 3.06. The van der Waals surface area contributed by atoms with E-state index in [9.17, 15) is 4.79 Å². The molecule has 0 aliphatic carbocycles. The number of carbonyl (C=O) groups is 1. The topological polar surface area (TPSA) is 58.8 Å². The van der Waals surface area contributed by atoms with Crippen LogP contribution in [0.15, 0.2) is 40.5 Å². The molecule has 0 unspecified atom stereocenters. The van der Waals surface area contributed by atoms with Gasteiger partial charge >= 0.3 is 0 Å². The summed E-state index contributed by atoms with van der Waals surface area (Å²) in [7, 11) is 0. The smallest absolute Gasteiger partial charge is 0.253 e. The molecule has 1 fully saturated rings. The Bertz CT molecular complexity index is 910. The van der Waals surface area contributed by atoms with Crippen LogP contribution in [0.4, 0.5) is 0 Å². The molecule has 0 atom stereocenters. The summed E-state index contributed by atoms with van der Waals surface area (Å²) in [5.74, 6) is 2.57. The van der Waals surface area contributed by atoms with Crippen LogP contribution in [0.5, 0.6) is 5.75 Å². The lowest BCUT2D eigenvalue weighted by Crippen LogP contribution is -2.37. The molecule has 1 aromatic carbocycles. The Labute approximate surface area is 172 Å². The number of para-hydroxylation sites is 1. The molecule has 0 saturated carbocycles. The zero-order valence-corrected chi connectivity index (χ0v) is 17.5. The van der Waals surface area contributed by atoms with Crippen molar-refractivity contribution in [1.82, 2.24) is 14.8 Å². The van der Waals surface area contributed by atoms with Gasteiger partial charge in [0.15, 0.2) is 0 Å². The van der Waals surface area contributed by atoms with Crippen molar-refractivity contribution >= 4 is 12.0 Å². The van der Waals surface area contributed by atoms with Crippen LogP contribution in [-0.4, -0.2) is 53.5 Å². The Morgan fingerprint density at radius 2 is 1.97 bits per heavy atom. The molecule has 2 aliphatic rings. The van der Waals surface area contributed by atoms with Crippen molar-refractivity contribution in [3.05, 3.63) is 53.2 Å². The van der Waals surface area contributed by atoms with Crippen molar-refractivity contribution in [2.24, 2.45) is 0 Å². The number of oxazole rings is 1. The average molecular weight is 396 g/mol. The minimum Gasteiger partial charge on any atom is -0.488 e. The van der Waals surface area contributed by atoms with Gasteiger partial charge in [-0.15, -0.1) is 0 Å². The number of ether oxygens (including phenoxy) is 1. The standard InChI is InChI=1S/C23H29N3O3/c1-23(2,3)20-14-24-21(29-20)15-25-9-6-10-26(12-11-25)22(27)18-13-17-7-4-5-8-19(17)28-16-18/h4-5,7-8,13-14H,6,9-12,15-16H2,1-3H3. The molecule has 6 nitrogen and oxygen atoms in total. The second kappa shape index (κ2) is 8.03. The number of nitrogens with zero attached hydrogens (tertiary/aromatic N) is 3. The van der Waals surface area contributed by atoms with Gasteiger partial charge in [-0.25, -0.2) is 4.98 Å². The van der Waals surface area contributed by atoms with E-state index in [0.717, 1.165) is 54.6 Å². The fourth-order valence-electron chi connectivity index (χ4n) is 3.70. The van der Waals surface area contributed by atoms with E-state index >= 15 is 0 Å². The summed E-state index contributed by atoms with van der Waals surface area (Å²) in [5.41, 5.74) is 1.65. The molecule has 6 heteroatoms. The Hall–Kier alpha value is -2.60. The molecule has 0 spiro atoms. The van der Waals surface area contributed by atoms with Crippen molar-refractivity contribution in [1.29, 1.82) is 0 Å². The molecule has 154 valence electrons. The lowest BCUT2D eigenvalue weighted by Gasteiger charge is -2.24. The molecule has 29 heavy (non-hydrogen) atoms. The number of fused-ring (bicyclic) bond motifs is 1. The van der Waals surface area contributed by atoms with E-state index < -0.39 is 0 Å². The van der Waals surface area contributed by atoms with E-state index in [2.05, 4.69) is 30.7 Å². The quantitative estimate of drug-likeness (QED) is 0.796. The minimum absolute atomic E-state index is 0.0400.